The molecular weight excluding hydrogens is 306 g/mol. The van der Waals surface area contributed by atoms with Crippen molar-refractivity contribution in [1.29, 1.82) is 0 Å². The normalized spacial score (nSPS) is 12.9. The number of nitroso groups, excluding NO2 is 1. The highest BCUT2D eigenvalue weighted by Gasteiger charge is 2.19. The van der Waals surface area contributed by atoms with Gasteiger partial charge in [0.1, 0.15) is 12.6 Å². The second-order valence-electron chi connectivity index (χ2n) is 5.32. The monoisotopic (exact) mass is 325 g/mol. The number of benzene rings is 2. The third kappa shape index (κ3) is 4.86. The van der Waals surface area contributed by atoms with Crippen LogP contribution in [0.3, 0.4) is 0 Å². The zero-order valence-corrected chi connectivity index (χ0v) is 13.2. The summed E-state index contributed by atoms with van der Waals surface area (Å²) >= 11 is 0. The molecule has 0 aliphatic heterocycles. The first-order valence-corrected chi connectivity index (χ1v) is 7.60. The zero-order valence-electron chi connectivity index (χ0n) is 13.2. The molecule has 2 aromatic rings. The lowest BCUT2D eigenvalue weighted by molar-refractivity contribution is 0.0220. The number of carbonyl (C=O) groups excluding carboxylic acids is 1. The lowest BCUT2D eigenvalue weighted by Crippen LogP contribution is -2.25. The van der Waals surface area contributed by atoms with Crippen LogP contribution in [0.4, 0.5) is 0 Å². The highest BCUT2D eigenvalue weighted by atomic mass is 16.5. The molecule has 1 N–H and O–H groups in total. The number of aliphatic hydroxyl groups is 1. The second-order valence-corrected chi connectivity index (χ2v) is 5.32. The van der Waals surface area contributed by atoms with E-state index in [1.54, 1.807) is 12.1 Å². The zero-order chi connectivity index (χ0) is 17.4. The van der Waals surface area contributed by atoms with Crippen molar-refractivity contribution in [2.24, 2.45) is 5.18 Å². The molecule has 5 heteroatoms. The Morgan fingerprint density at radius 3 is 2.33 bits per heavy atom. The fraction of sp³-hybridized carbons (Fsp3) is 0.211. The van der Waals surface area contributed by atoms with Gasteiger partial charge in [0.15, 0.2) is 0 Å². The average molecular weight is 325 g/mol. The lowest BCUT2D eigenvalue weighted by atomic mass is 10.0. The molecular formula is C19H19NO4. The van der Waals surface area contributed by atoms with Gasteiger partial charge in [-0.05, 0) is 23.3 Å². The van der Waals surface area contributed by atoms with Gasteiger partial charge >= 0.3 is 5.97 Å². The molecule has 0 aromatic heterocycles. The Morgan fingerprint density at radius 1 is 1.12 bits per heavy atom. The summed E-state index contributed by atoms with van der Waals surface area (Å²) in [7, 11) is 0. The molecule has 2 unspecified atom stereocenters. The summed E-state index contributed by atoms with van der Waals surface area (Å²) in [5, 5.41) is 12.3. The van der Waals surface area contributed by atoms with E-state index in [0.717, 1.165) is 11.1 Å². The maximum absolute atomic E-state index is 12.2. The molecule has 0 saturated heterocycles. The highest BCUT2D eigenvalue weighted by molar-refractivity contribution is 5.90. The number of hydrogen-bond acceptors (Lipinski definition) is 5. The van der Waals surface area contributed by atoms with Gasteiger partial charge in [0.2, 0.25) is 0 Å². The minimum atomic E-state index is -0.856. The third-order valence-corrected chi connectivity index (χ3v) is 3.56. The maximum Gasteiger partial charge on any atom is 0.338 e. The molecule has 0 aliphatic carbocycles. The van der Waals surface area contributed by atoms with Crippen molar-refractivity contribution < 1.29 is 14.6 Å². The van der Waals surface area contributed by atoms with Crippen LogP contribution in [0, 0.1) is 4.91 Å². The minimum absolute atomic E-state index is 0.0864. The molecule has 2 aromatic carbocycles. The number of carbonyl (C=O) groups is 1. The molecule has 0 fully saturated rings. The van der Waals surface area contributed by atoms with Gasteiger partial charge in [0.25, 0.3) is 0 Å². The van der Waals surface area contributed by atoms with E-state index in [9.17, 15) is 14.8 Å². The van der Waals surface area contributed by atoms with Gasteiger partial charge in [0, 0.05) is 6.42 Å². The van der Waals surface area contributed by atoms with Gasteiger partial charge in [-0.2, -0.15) is 4.91 Å². The maximum atomic E-state index is 12.2. The molecule has 0 spiro atoms. The molecule has 24 heavy (non-hydrogen) atoms. The molecule has 2 atom stereocenters. The molecule has 0 bridgehead atoms. The third-order valence-electron chi connectivity index (χ3n) is 3.56. The smallest absolute Gasteiger partial charge is 0.338 e. The SMILES string of the molecule is C=CC(O)CC(CN=O)OC(=O)c1ccc(-c2ccccc2)cc1. The number of esters is 1. The summed E-state index contributed by atoms with van der Waals surface area (Å²) in [6.45, 7) is 3.24. The minimum Gasteiger partial charge on any atom is -0.457 e. The van der Waals surface area contributed by atoms with Gasteiger partial charge in [0.05, 0.1) is 11.7 Å². The quantitative estimate of drug-likeness (QED) is 0.457. The number of aliphatic hydroxyl groups excluding tert-OH is 1. The average Bonchev–Trinajstić information content (AvgIpc) is 2.62. The predicted octanol–water partition coefficient (Wildman–Crippen LogP) is 3.58. The van der Waals surface area contributed by atoms with Crippen LogP contribution in [0.25, 0.3) is 11.1 Å². The second kappa shape index (κ2) is 8.74. The van der Waals surface area contributed by atoms with Crippen molar-refractivity contribution in [3.8, 4) is 11.1 Å². The van der Waals surface area contributed by atoms with E-state index in [0.29, 0.717) is 5.56 Å². The van der Waals surface area contributed by atoms with Crippen molar-refractivity contribution in [2.45, 2.75) is 18.6 Å². The van der Waals surface area contributed by atoms with Crippen LogP contribution in [0.15, 0.2) is 72.4 Å². The molecule has 124 valence electrons. The molecule has 0 heterocycles. The first-order chi connectivity index (χ1) is 11.6. The summed E-state index contributed by atoms with van der Waals surface area (Å²) in [5.41, 5.74) is 2.41. The highest BCUT2D eigenvalue weighted by Crippen LogP contribution is 2.20. The Labute approximate surface area is 140 Å². The van der Waals surface area contributed by atoms with Crippen LogP contribution in [0.1, 0.15) is 16.8 Å². The molecule has 2 rings (SSSR count). The van der Waals surface area contributed by atoms with Crippen LogP contribution in [-0.2, 0) is 4.74 Å². The van der Waals surface area contributed by atoms with Gasteiger partial charge < -0.3 is 9.84 Å². The van der Waals surface area contributed by atoms with E-state index in [1.165, 1.54) is 6.08 Å². The summed E-state index contributed by atoms with van der Waals surface area (Å²) in [6.07, 6.45) is -0.231. The van der Waals surface area contributed by atoms with Crippen molar-refractivity contribution in [3.05, 3.63) is 77.7 Å². The topological polar surface area (TPSA) is 76.0 Å². The predicted molar refractivity (Wildman–Crippen MR) is 92.6 cm³/mol. The van der Waals surface area contributed by atoms with Gasteiger partial charge in [-0.25, -0.2) is 4.79 Å². The van der Waals surface area contributed by atoms with E-state index >= 15 is 0 Å². The Morgan fingerprint density at radius 2 is 1.75 bits per heavy atom. The van der Waals surface area contributed by atoms with Gasteiger partial charge in [-0.15, -0.1) is 6.58 Å². The summed E-state index contributed by atoms with van der Waals surface area (Å²) in [6, 6.07) is 16.8. The van der Waals surface area contributed by atoms with Crippen LogP contribution >= 0.6 is 0 Å². The number of ether oxygens (including phenoxy) is 1. The van der Waals surface area contributed by atoms with E-state index in [4.69, 9.17) is 4.74 Å². The van der Waals surface area contributed by atoms with Crippen molar-refractivity contribution in [2.75, 3.05) is 6.54 Å². The Hall–Kier alpha value is -2.79. The van der Waals surface area contributed by atoms with Crippen LogP contribution in [0.5, 0.6) is 0 Å². The van der Waals surface area contributed by atoms with Crippen LogP contribution < -0.4 is 0 Å². The van der Waals surface area contributed by atoms with Crippen molar-refractivity contribution >= 4 is 5.97 Å². The molecule has 5 nitrogen and oxygen atoms in total. The lowest BCUT2D eigenvalue weighted by Gasteiger charge is -2.16. The Kier molecular flexibility index (Phi) is 6.40. The largest absolute Gasteiger partial charge is 0.457 e. The Bertz CT molecular complexity index is 682. The fourth-order valence-corrected chi connectivity index (χ4v) is 2.26. The van der Waals surface area contributed by atoms with E-state index in [1.807, 2.05) is 42.5 Å². The summed E-state index contributed by atoms with van der Waals surface area (Å²) < 4.78 is 5.25. The van der Waals surface area contributed by atoms with E-state index in [2.05, 4.69) is 11.8 Å². The summed E-state index contributed by atoms with van der Waals surface area (Å²) in [4.78, 5) is 22.6. The van der Waals surface area contributed by atoms with Gasteiger partial charge in [-0.1, -0.05) is 53.7 Å². The molecule has 0 aliphatic rings. The Balaban J connectivity index is 2.05. The number of hydrogen-bond donors (Lipinski definition) is 1. The van der Waals surface area contributed by atoms with E-state index in [-0.39, 0.29) is 13.0 Å². The molecule has 0 amide bonds. The van der Waals surface area contributed by atoms with E-state index < -0.39 is 18.2 Å². The standard InChI is InChI=1S/C19H19NO4/c1-2-17(21)12-18(13-20-23)24-19(22)16-10-8-15(9-11-16)14-6-4-3-5-7-14/h2-11,17-18,21H,1,12-13H2. The molecule has 0 radical (unpaired) electrons. The molecule has 0 saturated carbocycles. The fourth-order valence-electron chi connectivity index (χ4n) is 2.26. The van der Waals surface area contributed by atoms with Crippen molar-refractivity contribution in [1.82, 2.24) is 0 Å². The number of rotatable bonds is 8. The van der Waals surface area contributed by atoms with Crippen molar-refractivity contribution in [3.63, 3.8) is 0 Å². The van der Waals surface area contributed by atoms with Crippen LogP contribution in [0.2, 0.25) is 0 Å². The first kappa shape index (κ1) is 17.6. The summed E-state index contributed by atoms with van der Waals surface area (Å²) in [5.74, 6) is -0.556. The number of nitrogens with zero attached hydrogens (tertiary/aromatic N) is 1. The first-order valence-electron chi connectivity index (χ1n) is 7.60. The van der Waals surface area contributed by atoms with Crippen LogP contribution in [-0.4, -0.2) is 29.8 Å². The van der Waals surface area contributed by atoms with Gasteiger partial charge in [-0.3, -0.25) is 0 Å².